The van der Waals surface area contributed by atoms with Crippen molar-refractivity contribution >= 4 is 17.6 Å². The number of aromatic amines is 1. The highest BCUT2D eigenvalue weighted by atomic mass is 16.5. The predicted molar refractivity (Wildman–Crippen MR) is 92.2 cm³/mol. The van der Waals surface area contributed by atoms with Crippen molar-refractivity contribution in [3.05, 3.63) is 66.1 Å². The van der Waals surface area contributed by atoms with E-state index in [0.717, 1.165) is 5.56 Å². The highest BCUT2D eigenvalue weighted by molar-refractivity contribution is 6.04. The van der Waals surface area contributed by atoms with Gasteiger partial charge in [0.05, 0.1) is 17.9 Å². The smallest absolute Gasteiger partial charge is 0.338 e. The summed E-state index contributed by atoms with van der Waals surface area (Å²) < 4.78 is 4.95. The molecule has 25 heavy (non-hydrogen) atoms. The predicted octanol–water partition coefficient (Wildman–Crippen LogP) is 2.90. The van der Waals surface area contributed by atoms with E-state index < -0.39 is 5.97 Å². The number of anilines is 1. The van der Waals surface area contributed by atoms with Crippen molar-refractivity contribution in [2.24, 2.45) is 0 Å². The zero-order valence-corrected chi connectivity index (χ0v) is 13.5. The molecule has 0 unspecified atom stereocenters. The molecular formula is C18H16N4O3. The molecule has 2 aromatic heterocycles. The minimum Gasteiger partial charge on any atom is -0.462 e. The molecule has 0 saturated carbocycles. The molecule has 3 aromatic rings. The van der Waals surface area contributed by atoms with Crippen LogP contribution in [0.15, 0.2) is 54.9 Å². The van der Waals surface area contributed by atoms with Crippen LogP contribution in [0.1, 0.15) is 27.8 Å². The van der Waals surface area contributed by atoms with Crippen LogP contribution in [0.2, 0.25) is 0 Å². The Labute approximate surface area is 144 Å². The molecule has 0 aliphatic heterocycles. The van der Waals surface area contributed by atoms with Crippen molar-refractivity contribution in [1.82, 2.24) is 15.2 Å². The number of hydrogen-bond donors (Lipinski definition) is 2. The molecule has 0 atom stereocenters. The number of carbonyl (C=O) groups excluding carboxylic acids is 2. The van der Waals surface area contributed by atoms with E-state index in [-0.39, 0.29) is 5.91 Å². The lowest BCUT2D eigenvalue weighted by Crippen LogP contribution is -2.13. The number of benzene rings is 1. The largest absolute Gasteiger partial charge is 0.462 e. The first-order valence-corrected chi connectivity index (χ1v) is 7.71. The number of H-pyrrole nitrogens is 1. The van der Waals surface area contributed by atoms with Crippen LogP contribution >= 0.6 is 0 Å². The van der Waals surface area contributed by atoms with Crippen molar-refractivity contribution in [2.75, 3.05) is 11.9 Å². The van der Waals surface area contributed by atoms with Gasteiger partial charge in [-0.05, 0) is 43.3 Å². The van der Waals surface area contributed by atoms with Crippen LogP contribution in [0.5, 0.6) is 0 Å². The van der Waals surface area contributed by atoms with Gasteiger partial charge in [-0.1, -0.05) is 6.07 Å². The first-order valence-electron chi connectivity index (χ1n) is 7.71. The second-order valence-corrected chi connectivity index (χ2v) is 5.16. The maximum Gasteiger partial charge on any atom is 0.338 e. The molecule has 0 bridgehead atoms. The van der Waals surface area contributed by atoms with Crippen LogP contribution in [0, 0.1) is 0 Å². The molecule has 126 valence electrons. The maximum absolute atomic E-state index is 12.4. The van der Waals surface area contributed by atoms with Crippen LogP contribution in [0.25, 0.3) is 11.3 Å². The van der Waals surface area contributed by atoms with Gasteiger partial charge in [0, 0.05) is 23.6 Å². The van der Waals surface area contributed by atoms with E-state index in [9.17, 15) is 9.59 Å². The van der Waals surface area contributed by atoms with Crippen molar-refractivity contribution < 1.29 is 14.3 Å². The number of hydrogen-bond acceptors (Lipinski definition) is 5. The van der Waals surface area contributed by atoms with E-state index in [1.54, 1.807) is 61.8 Å². The van der Waals surface area contributed by atoms with Gasteiger partial charge in [-0.3, -0.25) is 14.9 Å². The molecule has 0 saturated heterocycles. The number of pyridine rings is 1. The quantitative estimate of drug-likeness (QED) is 0.698. The third-order valence-corrected chi connectivity index (χ3v) is 3.43. The number of rotatable bonds is 5. The number of amides is 1. The summed E-state index contributed by atoms with van der Waals surface area (Å²) in [6, 6.07) is 11.8. The minimum atomic E-state index is -0.430. The number of esters is 1. The molecule has 1 aromatic carbocycles. The Kier molecular flexibility index (Phi) is 4.84. The molecule has 2 N–H and O–H groups in total. The molecule has 2 heterocycles. The maximum atomic E-state index is 12.4. The van der Waals surface area contributed by atoms with Gasteiger partial charge in [-0.25, -0.2) is 4.79 Å². The second-order valence-electron chi connectivity index (χ2n) is 5.16. The van der Waals surface area contributed by atoms with Crippen molar-refractivity contribution in [1.29, 1.82) is 0 Å². The zero-order valence-electron chi connectivity index (χ0n) is 13.5. The van der Waals surface area contributed by atoms with Gasteiger partial charge in [0.25, 0.3) is 5.91 Å². The molecular weight excluding hydrogens is 320 g/mol. The van der Waals surface area contributed by atoms with Crippen LogP contribution in [0.3, 0.4) is 0 Å². The molecule has 0 spiro atoms. The van der Waals surface area contributed by atoms with Crippen LogP contribution < -0.4 is 5.32 Å². The SMILES string of the molecule is CCOC(=O)c1cccc(NC(=O)c2cc(-c3ccncc3)n[nH]2)c1. The normalized spacial score (nSPS) is 10.3. The van der Waals surface area contributed by atoms with Crippen LogP contribution in [-0.4, -0.2) is 33.7 Å². The summed E-state index contributed by atoms with van der Waals surface area (Å²) in [7, 11) is 0. The van der Waals surface area contributed by atoms with E-state index in [1.807, 2.05) is 0 Å². The lowest BCUT2D eigenvalue weighted by atomic mass is 10.2. The molecule has 0 radical (unpaired) electrons. The molecule has 0 fully saturated rings. The van der Waals surface area contributed by atoms with E-state index >= 15 is 0 Å². The van der Waals surface area contributed by atoms with E-state index in [4.69, 9.17) is 4.74 Å². The van der Waals surface area contributed by atoms with Crippen LogP contribution in [0.4, 0.5) is 5.69 Å². The third kappa shape index (κ3) is 3.89. The number of aromatic nitrogens is 3. The Morgan fingerprint density at radius 2 is 1.96 bits per heavy atom. The molecule has 0 aliphatic carbocycles. The number of carbonyl (C=O) groups is 2. The Bertz CT molecular complexity index is 890. The number of ether oxygens (including phenoxy) is 1. The topological polar surface area (TPSA) is 97.0 Å². The highest BCUT2D eigenvalue weighted by Gasteiger charge is 2.13. The summed E-state index contributed by atoms with van der Waals surface area (Å²) in [5.74, 6) is -0.783. The van der Waals surface area contributed by atoms with Crippen molar-refractivity contribution in [3.63, 3.8) is 0 Å². The van der Waals surface area contributed by atoms with Gasteiger partial charge >= 0.3 is 5.97 Å². The minimum absolute atomic E-state index is 0.293. The average molecular weight is 336 g/mol. The fraction of sp³-hybridized carbons (Fsp3) is 0.111. The lowest BCUT2D eigenvalue weighted by molar-refractivity contribution is 0.0526. The summed E-state index contributed by atoms with van der Waals surface area (Å²) in [6.07, 6.45) is 3.31. The van der Waals surface area contributed by atoms with Crippen molar-refractivity contribution in [2.45, 2.75) is 6.92 Å². The summed E-state index contributed by atoms with van der Waals surface area (Å²) in [5, 5.41) is 9.57. The fourth-order valence-electron chi connectivity index (χ4n) is 2.25. The van der Waals surface area contributed by atoms with E-state index in [1.165, 1.54) is 0 Å². The second kappa shape index (κ2) is 7.39. The van der Waals surface area contributed by atoms with Crippen LogP contribution in [-0.2, 0) is 4.74 Å². The Morgan fingerprint density at radius 1 is 1.16 bits per heavy atom. The average Bonchev–Trinajstić information content (AvgIpc) is 3.13. The molecule has 3 rings (SSSR count). The van der Waals surface area contributed by atoms with Gasteiger partial charge in [-0.2, -0.15) is 5.10 Å². The summed E-state index contributed by atoms with van der Waals surface area (Å²) >= 11 is 0. The van der Waals surface area contributed by atoms with Gasteiger partial charge in [-0.15, -0.1) is 0 Å². The summed E-state index contributed by atoms with van der Waals surface area (Å²) in [4.78, 5) is 28.1. The third-order valence-electron chi connectivity index (χ3n) is 3.43. The molecule has 7 heteroatoms. The van der Waals surface area contributed by atoms with Gasteiger partial charge in [0.2, 0.25) is 0 Å². The van der Waals surface area contributed by atoms with E-state index in [2.05, 4.69) is 20.5 Å². The van der Waals surface area contributed by atoms with Gasteiger partial charge in [0.15, 0.2) is 0 Å². The summed E-state index contributed by atoms with van der Waals surface area (Å²) in [6.45, 7) is 2.03. The lowest BCUT2D eigenvalue weighted by Gasteiger charge is -2.06. The first-order chi connectivity index (χ1) is 12.2. The monoisotopic (exact) mass is 336 g/mol. The fourth-order valence-corrected chi connectivity index (χ4v) is 2.25. The molecule has 1 amide bonds. The number of nitrogens with one attached hydrogen (secondary N) is 2. The Hall–Kier alpha value is -3.48. The first kappa shape index (κ1) is 16.4. The number of nitrogens with zero attached hydrogens (tertiary/aromatic N) is 2. The summed E-state index contributed by atoms with van der Waals surface area (Å²) in [5.41, 5.74) is 2.69. The Morgan fingerprint density at radius 3 is 2.72 bits per heavy atom. The highest BCUT2D eigenvalue weighted by Crippen LogP contribution is 2.18. The van der Waals surface area contributed by atoms with Gasteiger partial charge < -0.3 is 10.1 Å². The van der Waals surface area contributed by atoms with E-state index in [0.29, 0.717) is 29.2 Å². The zero-order chi connectivity index (χ0) is 17.6. The standard InChI is InChI=1S/C18H16N4O3/c1-2-25-18(24)13-4-3-5-14(10-13)20-17(23)16-11-15(21-22-16)12-6-8-19-9-7-12/h3-11H,2H2,1H3,(H,20,23)(H,21,22). The molecule has 7 nitrogen and oxygen atoms in total. The molecule has 0 aliphatic rings. The van der Waals surface area contributed by atoms with Gasteiger partial charge in [0.1, 0.15) is 5.69 Å². The Balaban J connectivity index is 1.74. The van der Waals surface area contributed by atoms with Crippen molar-refractivity contribution in [3.8, 4) is 11.3 Å².